The first kappa shape index (κ1) is 25.0. The smallest absolute Gasteiger partial charge is 0.217 e. The van der Waals surface area contributed by atoms with Crippen LogP contribution in [0.4, 0.5) is 0 Å². The van der Waals surface area contributed by atoms with Crippen molar-refractivity contribution in [3.05, 3.63) is 29.8 Å². The van der Waals surface area contributed by atoms with Crippen LogP contribution >= 0.6 is 0 Å². The number of rotatable bonds is 9. The summed E-state index contributed by atoms with van der Waals surface area (Å²) >= 11 is 0. The standard InChI is InChI=1S/C28H34N4O3/c1-2-3-4-5-6-10-17-33-22-14-12-21(13-15-22)24-26(18-29,19-30)27(20-31)23-11-8-7-9-16-28(23,34-24)35-25(27)32/h12-15,23-24,32H,2-11,16-17H2,1H3. The Morgan fingerprint density at radius 1 is 0.971 bits per heavy atom. The molecule has 4 unspecified atom stereocenters. The molecule has 1 aromatic carbocycles. The van der Waals surface area contributed by atoms with Crippen LogP contribution in [0.25, 0.3) is 0 Å². The van der Waals surface area contributed by atoms with Crippen molar-refractivity contribution >= 4 is 5.90 Å². The summed E-state index contributed by atoms with van der Waals surface area (Å²) < 4.78 is 18.4. The van der Waals surface area contributed by atoms with Crippen molar-refractivity contribution in [2.45, 2.75) is 89.4 Å². The Kier molecular flexibility index (Phi) is 7.34. The first-order valence-electron chi connectivity index (χ1n) is 13.0. The lowest BCUT2D eigenvalue weighted by Gasteiger charge is -2.49. The van der Waals surface area contributed by atoms with Crippen LogP contribution in [-0.2, 0) is 9.47 Å². The number of benzene rings is 1. The highest BCUT2D eigenvalue weighted by Crippen LogP contribution is 2.69. The van der Waals surface area contributed by atoms with Gasteiger partial charge in [0.2, 0.25) is 17.1 Å². The van der Waals surface area contributed by atoms with Crippen molar-refractivity contribution in [3.63, 3.8) is 0 Å². The van der Waals surface area contributed by atoms with E-state index < -0.39 is 28.6 Å². The van der Waals surface area contributed by atoms with Crippen molar-refractivity contribution in [3.8, 4) is 24.0 Å². The molecule has 4 rings (SSSR count). The molecule has 1 aliphatic carbocycles. The predicted octanol–water partition coefficient (Wildman–Crippen LogP) is 6.32. The van der Waals surface area contributed by atoms with Crippen LogP contribution in [-0.4, -0.2) is 18.3 Å². The highest BCUT2D eigenvalue weighted by atomic mass is 16.7. The van der Waals surface area contributed by atoms with Gasteiger partial charge in [-0.25, -0.2) is 0 Å². The number of nitrogens with one attached hydrogen (secondary N) is 1. The summed E-state index contributed by atoms with van der Waals surface area (Å²) in [5.41, 5.74) is -2.95. The van der Waals surface area contributed by atoms with Crippen molar-refractivity contribution in [2.24, 2.45) is 16.7 Å². The Morgan fingerprint density at radius 3 is 2.37 bits per heavy atom. The Morgan fingerprint density at radius 2 is 1.69 bits per heavy atom. The zero-order chi connectivity index (χ0) is 24.9. The van der Waals surface area contributed by atoms with Crippen LogP contribution in [0.3, 0.4) is 0 Å². The molecule has 2 saturated heterocycles. The minimum atomic E-state index is -1.89. The molecule has 1 aromatic rings. The lowest BCUT2D eigenvalue weighted by Crippen LogP contribution is -2.59. The first-order valence-corrected chi connectivity index (χ1v) is 13.0. The second kappa shape index (κ2) is 10.3. The van der Waals surface area contributed by atoms with E-state index >= 15 is 0 Å². The number of unbranched alkanes of at least 4 members (excludes halogenated alkanes) is 5. The van der Waals surface area contributed by atoms with Gasteiger partial charge in [0, 0.05) is 6.42 Å². The molecule has 4 atom stereocenters. The molecule has 7 nitrogen and oxygen atoms in total. The van der Waals surface area contributed by atoms with Crippen LogP contribution in [0.2, 0.25) is 0 Å². The fourth-order valence-corrected chi connectivity index (χ4v) is 6.15. The monoisotopic (exact) mass is 474 g/mol. The van der Waals surface area contributed by atoms with Gasteiger partial charge in [0.25, 0.3) is 0 Å². The largest absolute Gasteiger partial charge is 0.494 e. The van der Waals surface area contributed by atoms with Crippen LogP contribution in [0.5, 0.6) is 5.75 Å². The maximum Gasteiger partial charge on any atom is 0.217 e. The average Bonchev–Trinajstić information content (AvgIpc) is 3.00. The van der Waals surface area contributed by atoms with E-state index in [1.807, 2.05) is 12.1 Å². The Balaban J connectivity index is 1.58. The third kappa shape index (κ3) is 3.95. The van der Waals surface area contributed by atoms with E-state index in [-0.39, 0.29) is 5.90 Å². The van der Waals surface area contributed by atoms with Crippen LogP contribution in [0.1, 0.15) is 89.2 Å². The fraction of sp³-hybridized carbons (Fsp3) is 0.643. The molecule has 0 aromatic heterocycles. The van der Waals surface area contributed by atoms with Gasteiger partial charge in [-0.05, 0) is 37.0 Å². The summed E-state index contributed by atoms with van der Waals surface area (Å²) in [4.78, 5) is 0. The van der Waals surface area contributed by atoms with E-state index in [2.05, 4.69) is 25.1 Å². The van der Waals surface area contributed by atoms with Crippen LogP contribution in [0, 0.1) is 56.2 Å². The zero-order valence-corrected chi connectivity index (χ0v) is 20.5. The summed E-state index contributed by atoms with van der Waals surface area (Å²) in [6.45, 7) is 2.85. The highest BCUT2D eigenvalue weighted by Gasteiger charge is 2.80. The Bertz CT molecular complexity index is 1040. The van der Waals surface area contributed by atoms with Crippen molar-refractivity contribution < 1.29 is 14.2 Å². The van der Waals surface area contributed by atoms with E-state index in [1.165, 1.54) is 25.7 Å². The molecule has 1 saturated carbocycles. The van der Waals surface area contributed by atoms with Gasteiger partial charge in [0.05, 0.1) is 30.7 Å². The summed E-state index contributed by atoms with van der Waals surface area (Å²) in [6, 6.07) is 13.7. The number of nitrogens with zero attached hydrogens (tertiary/aromatic N) is 3. The molecule has 1 N–H and O–H groups in total. The first-order chi connectivity index (χ1) is 17.0. The van der Waals surface area contributed by atoms with Crippen LogP contribution in [0.15, 0.2) is 24.3 Å². The molecule has 2 bridgehead atoms. The summed E-state index contributed by atoms with van der Waals surface area (Å²) in [6.07, 6.45) is 9.89. The maximum absolute atomic E-state index is 10.4. The van der Waals surface area contributed by atoms with Gasteiger partial charge in [-0.15, -0.1) is 0 Å². The van der Waals surface area contributed by atoms with Gasteiger partial charge in [-0.2, -0.15) is 15.8 Å². The van der Waals surface area contributed by atoms with Gasteiger partial charge in [0.15, 0.2) is 5.41 Å². The van der Waals surface area contributed by atoms with Gasteiger partial charge in [-0.3, -0.25) is 5.41 Å². The normalized spacial score (nSPS) is 30.6. The zero-order valence-electron chi connectivity index (χ0n) is 20.5. The second-order valence-electron chi connectivity index (χ2n) is 10.0. The lowest BCUT2D eigenvalue weighted by molar-refractivity contribution is -0.284. The Hall–Kier alpha value is -3.08. The van der Waals surface area contributed by atoms with E-state index in [4.69, 9.17) is 19.6 Å². The summed E-state index contributed by atoms with van der Waals surface area (Å²) in [7, 11) is 0. The topological polar surface area (TPSA) is 123 Å². The van der Waals surface area contributed by atoms with Crippen molar-refractivity contribution in [1.82, 2.24) is 0 Å². The molecule has 2 heterocycles. The number of nitriles is 3. The molecular formula is C28H34N4O3. The predicted molar refractivity (Wildman–Crippen MR) is 129 cm³/mol. The third-order valence-corrected chi connectivity index (χ3v) is 8.02. The summed E-state index contributed by atoms with van der Waals surface area (Å²) in [5, 5.41) is 39.8. The molecule has 0 radical (unpaired) electrons. The van der Waals surface area contributed by atoms with Crippen LogP contribution < -0.4 is 4.74 Å². The minimum Gasteiger partial charge on any atom is -0.494 e. The SMILES string of the molecule is CCCCCCCCOc1ccc(C2OC34CCCCCC3C(C#N)(C(=N)O4)C2(C#N)C#N)cc1. The highest BCUT2D eigenvalue weighted by molar-refractivity contribution is 5.89. The number of ether oxygens (including phenoxy) is 3. The Labute approximate surface area is 208 Å². The number of hydrogen-bond donors (Lipinski definition) is 1. The lowest BCUT2D eigenvalue weighted by atomic mass is 9.52. The van der Waals surface area contributed by atoms with E-state index in [0.29, 0.717) is 30.8 Å². The quantitative estimate of drug-likeness (QED) is 0.417. The van der Waals surface area contributed by atoms with Gasteiger partial charge in [-0.1, -0.05) is 64.0 Å². The third-order valence-electron chi connectivity index (χ3n) is 8.02. The van der Waals surface area contributed by atoms with Crippen molar-refractivity contribution in [2.75, 3.05) is 6.61 Å². The fourth-order valence-electron chi connectivity index (χ4n) is 6.15. The van der Waals surface area contributed by atoms with Gasteiger partial charge in [0.1, 0.15) is 11.9 Å². The molecule has 184 valence electrons. The van der Waals surface area contributed by atoms with Gasteiger partial charge >= 0.3 is 0 Å². The number of hydrogen-bond acceptors (Lipinski definition) is 7. The maximum atomic E-state index is 10.4. The van der Waals surface area contributed by atoms with Gasteiger partial charge < -0.3 is 14.2 Å². The summed E-state index contributed by atoms with van der Waals surface area (Å²) in [5.74, 6) is -1.27. The average molecular weight is 475 g/mol. The van der Waals surface area contributed by atoms with E-state index in [1.54, 1.807) is 12.1 Å². The molecule has 7 heteroatoms. The second-order valence-corrected chi connectivity index (χ2v) is 10.0. The molecule has 0 spiro atoms. The van der Waals surface area contributed by atoms with Crippen molar-refractivity contribution in [1.29, 1.82) is 21.2 Å². The van der Waals surface area contributed by atoms with E-state index in [9.17, 15) is 15.8 Å². The molecule has 2 aliphatic heterocycles. The molecule has 3 fully saturated rings. The minimum absolute atomic E-state index is 0.309. The molecule has 3 aliphatic rings. The molecular weight excluding hydrogens is 440 g/mol. The molecule has 0 amide bonds. The molecule has 35 heavy (non-hydrogen) atoms. The van der Waals surface area contributed by atoms with E-state index in [0.717, 1.165) is 32.1 Å².